The van der Waals surface area contributed by atoms with Gasteiger partial charge in [0.2, 0.25) is 6.79 Å². The van der Waals surface area contributed by atoms with E-state index in [0.29, 0.717) is 11.5 Å². The molecular weight excluding hydrogens is 260 g/mol. The fourth-order valence-electron chi connectivity index (χ4n) is 2.09. The molecule has 1 aliphatic heterocycles. The van der Waals surface area contributed by atoms with Crippen LogP contribution in [0.2, 0.25) is 0 Å². The molecule has 1 heterocycles. The van der Waals surface area contributed by atoms with Gasteiger partial charge in [0, 0.05) is 12.5 Å². The molecule has 0 spiro atoms. The van der Waals surface area contributed by atoms with Crippen molar-refractivity contribution in [3.8, 4) is 23.0 Å². The van der Waals surface area contributed by atoms with Crippen LogP contribution in [-0.4, -0.2) is 22.8 Å². The number of ether oxygens (including phenoxy) is 2. The van der Waals surface area contributed by atoms with Gasteiger partial charge in [-0.1, -0.05) is 6.07 Å². The van der Waals surface area contributed by atoms with E-state index >= 15 is 0 Å². The summed E-state index contributed by atoms with van der Waals surface area (Å²) in [6, 6.07) is 9.20. The zero-order valence-electron chi connectivity index (χ0n) is 10.5. The number of ketones is 1. The average molecular weight is 272 g/mol. The van der Waals surface area contributed by atoms with Crippen molar-refractivity contribution < 1.29 is 24.5 Å². The lowest BCUT2D eigenvalue weighted by Gasteiger charge is -2.05. The maximum atomic E-state index is 12.1. The normalized spacial score (nSPS) is 12.4. The summed E-state index contributed by atoms with van der Waals surface area (Å²) in [6.07, 6.45) is 0.134. The number of benzene rings is 2. The van der Waals surface area contributed by atoms with E-state index in [1.807, 2.05) is 0 Å². The van der Waals surface area contributed by atoms with E-state index in [9.17, 15) is 15.0 Å². The molecule has 0 atom stereocenters. The molecule has 0 bridgehead atoms. The van der Waals surface area contributed by atoms with Gasteiger partial charge in [-0.25, -0.2) is 0 Å². The van der Waals surface area contributed by atoms with Crippen molar-refractivity contribution in [1.29, 1.82) is 0 Å². The van der Waals surface area contributed by atoms with Gasteiger partial charge in [0.15, 0.2) is 17.3 Å². The summed E-state index contributed by atoms with van der Waals surface area (Å²) in [7, 11) is 0. The van der Waals surface area contributed by atoms with Crippen molar-refractivity contribution in [2.75, 3.05) is 6.79 Å². The Hall–Kier alpha value is -2.69. The maximum absolute atomic E-state index is 12.1. The standard InChI is InChI=1S/C15H12O5/c16-10-2-3-11(13(18)7-10)12(17)5-9-1-4-14-15(6-9)20-8-19-14/h1-4,6-7,16,18H,5,8H2. The molecule has 0 fully saturated rings. The molecule has 0 aromatic heterocycles. The molecule has 0 saturated heterocycles. The molecule has 2 aromatic carbocycles. The second kappa shape index (κ2) is 4.77. The molecule has 0 unspecified atom stereocenters. The van der Waals surface area contributed by atoms with Gasteiger partial charge >= 0.3 is 0 Å². The number of phenols is 2. The quantitative estimate of drug-likeness (QED) is 0.838. The third-order valence-corrected chi connectivity index (χ3v) is 3.08. The molecule has 0 aliphatic carbocycles. The number of hydrogen-bond acceptors (Lipinski definition) is 5. The van der Waals surface area contributed by atoms with Crippen LogP contribution < -0.4 is 9.47 Å². The topological polar surface area (TPSA) is 76.0 Å². The highest BCUT2D eigenvalue weighted by atomic mass is 16.7. The summed E-state index contributed by atoms with van der Waals surface area (Å²) >= 11 is 0. The molecule has 0 saturated carbocycles. The molecule has 0 radical (unpaired) electrons. The monoisotopic (exact) mass is 272 g/mol. The fourth-order valence-corrected chi connectivity index (χ4v) is 2.09. The van der Waals surface area contributed by atoms with Gasteiger partial charge in [0.1, 0.15) is 11.5 Å². The van der Waals surface area contributed by atoms with Crippen LogP contribution in [0.3, 0.4) is 0 Å². The van der Waals surface area contributed by atoms with Crippen molar-refractivity contribution in [1.82, 2.24) is 0 Å². The van der Waals surface area contributed by atoms with Crippen LogP contribution in [0.25, 0.3) is 0 Å². The summed E-state index contributed by atoms with van der Waals surface area (Å²) in [5.41, 5.74) is 0.951. The number of hydrogen-bond donors (Lipinski definition) is 2. The number of fused-ring (bicyclic) bond motifs is 1. The molecule has 20 heavy (non-hydrogen) atoms. The van der Waals surface area contributed by atoms with Crippen LogP contribution in [0.1, 0.15) is 15.9 Å². The summed E-state index contributed by atoms with van der Waals surface area (Å²) in [6.45, 7) is 0.186. The van der Waals surface area contributed by atoms with E-state index in [2.05, 4.69) is 0 Å². The first-order chi connectivity index (χ1) is 9.63. The Morgan fingerprint density at radius 3 is 2.65 bits per heavy atom. The summed E-state index contributed by atoms with van der Waals surface area (Å²) in [5.74, 6) is 0.734. The Kier molecular flexibility index (Phi) is 2.95. The lowest BCUT2D eigenvalue weighted by atomic mass is 10.0. The minimum absolute atomic E-state index is 0.0814. The Bertz CT molecular complexity index is 678. The van der Waals surface area contributed by atoms with Crippen LogP contribution >= 0.6 is 0 Å². The molecule has 102 valence electrons. The van der Waals surface area contributed by atoms with Gasteiger partial charge in [-0.3, -0.25) is 4.79 Å². The molecule has 3 rings (SSSR count). The molecule has 5 nitrogen and oxygen atoms in total. The first-order valence-electron chi connectivity index (χ1n) is 6.07. The predicted molar refractivity (Wildman–Crippen MR) is 70.4 cm³/mol. The van der Waals surface area contributed by atoms with E-state index in [1.54, 1.807) is 18.2 Å². The first kappa shape index (κ1) is 12.3. The van der Waals surface area contributed by atoms with Gasteiger partial charge in [0.25, 0.3) is 0 Å². The molecule has 1 aliphatic rings. The second-order valence-corrected chi connectivity index (χ2v) is 4.49. The summed E-state index contributed by atoms with van der Waals surface area (Å²) in [4.78, 5) is 12.1. The number of phenolic OH excluding ortho intramolecular Hbond substituents is 2. The SMILES string of the molecule is O=C(Cc1ccc2c(c1)OCO2)c1ccc(O)cc1O. The van der Waals surface area contributed by atoms with Crippen molar-refractivity contribution in [2.24, 2.45) is 0 Å². The minimum Gasteiger partial charge on any atom is -0.508 e. The number of carbonyl (C=O) groups excluding carboxylic acids is 1. The highest BCUT2D eigenvalue weighted by Gasteiger charge is 2.16. The third-order valence-electron chi connectivity index (χ3n) is 3.08. The number of rotatable bonds is 3. The van der Waals surface area contributed by atoms with E-state index in [0.717, 1.165) is 11.6 Å². The lowest BCUT2D eigenvalue weighted by molar-refractivity contribution is 0.0990. The van der Waals surface area contributed by atoms with Crippen molar-refractivity contribution in [3.63, 3.8) is 0 Å². The number of aromatic hydroxyl groups is 2. The maximum Gasteiger partial charge on any atom is 0.231 e. The largest absolute Gasteiger partial charge is 0.508 e. The zero-order chi connectivity index (χ0) is 14.1. The van der Waals surface area contributed by atoms with Crippen LogP contribution in [0.4, 0.5) is 0 Å². The summed E-state index contributed by atoms with van der Waals surface area (Å²) < 4.78 is 10.5. The Balaban J connectivity index is 1.82. The Morgan fingerprint density at radius 2 is 1.85 bits per heavy atom. The van der Waals surface area contributed by atoms with Gasteiger partial charge in [-0.15, -0.1) is 0 Å². The zero-order valence-corrected chi connectivity index (χ0v) is 10.5. The number of Topliss-reactive ketones (excluding diaryl/α,β-unsaturated/α-hetero) is 1. The van der Waals surface area contributed by atoms with Gasteiger partial charge in [-0.05, 0) is 29.8 Å². The van der Waals surface area contributed by atoms with E-state index in [1.165, 1.54) is 12.1 Å². The predicted octanol–water partition coefficient (Wildman–Crippen LogP) is 2.25. The highest BCUT2D eigenvalue weighted by Crippen LogP contribution is 2.33. The van der Waals surface area contributed by atoms with Crippen LogP contribution in [0.15, 0.2) is 36.4 Å². The fraction of sp³-hybridized carbons (Fsp3) is 0.133. The van der Waals surface area contributed by atoms with Gasteiger partial charge in [-0.2, -0.15) is 0 Å². The van der Waals surface area contributed by atoms with E-state index < -0.39 is 0 Å². The first-order valence-corrected chi connectivity index (χ1v) is 6.07. The minimum atomic E-state index is -0.235. The Labute approximate surface area is 115 Å². The van der Waals surface area contributed by atoms with Crippen molar-refractivity contribution >= 4 is 5.78 Å². The van der Waals surface area contributed by atoms with Crippen molar-refractivity contribution in [3.05, 3.63) is 47.5 Å². The smallest absolute Gasteiger partial charge is 0.231 e. The molecule has 2 N–H and O–H groups in total. The summed E-state index contributed by atoms with van der Waals surface area (Å²) in [5, 5.41) is 18.9. The molecular formula is C15H12O5. The van der Waals surface area contributed by atoms with Crippen molar-refractivity contribution in [2.45, 2.75) is 6.42 Å². The van der Waals surface area contributed by atoms with Crippen LogP contribution in [-0.2, 0) is 6.42 Å². The average Bonchev–Trinajstić information content (AvgIpc) is 2.85. The van der Waals surface area contributed by atoms with Gasteiger partial charge < -0.3 is 19.7 Å². The third kappa shape index (κ3) is 2.25. The Morgan fingerprint density at radius 1 is 1.05 bits per heavy atom. The second-order valence-electron chi connectivity index (χ2n) is 4.49. The highest BCUT2D eigenvalue weighted by molar-refractivity contribution is 6.00. The molecule has 0 amide bonds. The lowest BCUT2D eigenvalue weighted by Crippen LogP contribution is -2.03. The van der Waals surface area contributed by atoms with Crippen LogP contribution in [0.5, 0.6) is 23.0 Å². The van der Waals surface area contributed by atoms with E-state index in [4.69, 9.17) is 9.47 Å². The van der Waals surface area contributed by atoms with Gasteiger partial charge in [0.05, 0.1) is 5.56 Å². The number of carbonyl (C=O) groups is 1. The van der Waals surface area contributed by atoms with Crippen LogP contribution in [0, 0.1) is 0 Å². The molecule has 5 heteroatoms. The molecule has 2 aromatic rings. The van der Waals surface area contributed by atoms with E-state index in [-0.39, 0.29) is 36.1 Å².